The van der Waals surface area contributed by atoms with Crippen molar-refractivity contribution in [1.82, 2.24) is 15.0 Å². The Morgan fingerprint density at radius 3 is 2.86 bits per heavy atom. The van der Waals surface area contributed by atoms with Gasteiger partial charge in [0.2, 0.25) is 5.82 Å². The standard InChI is InChI=1S/C28H34ClN3O3/c29-24-11-8-23(9-12-24)28-30-27(31-35-28)19-34-25-13-10-22-6-1-5-21(26(22)16-25)7-3-15-32-14-2-4-20(17-32)18-33/h8-13,16,20-21,33H,1-7,14-15,17-19H2. The van der Waals surface area contributed by atoms with Crippen molar-refractivity contribution in [2.45, 2.75) is 57.5 Å². The summed E-state index contributed by atoms with van der Waals surface area (Å²) in [7, 11) is 0. The smallest absolute Gasteiger partial charge is 0.258 e. The largest absolute Gasteiger partial charge is 0.485 e. The van der Waals surface area contributed by atoms with E-state index in [2.05, 4.69) is 33.2 Å². The summed E-state index contributed by atoms with van der Waals surface area (Å²) in [6.45, 7) is 3.94. The van der Waals surface area contributed by atoms with Gasteiger partial charge in [-0.3, -0.25) is 0 Å². The Morgan fingerprint density at radius 1 is 1.11 bits per heavy atom. The molecule has 1 N–H and O–H groups in total. The van der Waals surface area contributed by atoms with E-state index in [0.29, 0.717) is 35.2 Å². The second-order valence-corrected chi connectivity index (χ2v) is 10.3. The number of piperidine rings is 1. The molecule has 5 rings (SSSR count). The Hall–Kier alpha value is -2.41. The van der Waals surface area contributed by atoms with E-state index < -0.39 is 0 Å². The van der Waals surface area contributed by atoms with Crippen molar-refractivity contribution in [3.8, 4) is 17.2 Å². The summed E-state index contributed by atoms with van der Waals surface area (Å²) < 4.78 is 11.5. The monoisotopic (exact) mass is 495 g/mol. The fourth-order valence-corrected chi connectivity index (χ4v) is 5.63. The number of ether oxygens (including phenoxy) is 1. The average molecular weight is 496 g/mol. The Morgan fingerprint density at radius 2 is 2.00 bits per heavy atom. The molecule has 2 unspecified atom stereocenters. The van der Waals surface area contributed by atoms with E-state index in [1.807, 2.05) is 12.1 Å². The van der Waals surface area contributed by atoms with E-state index in [0.717, 1.165) is 37.2 Å². The Balaban J connectivity index is 1.17. The van der Waals surface area contributed by atoms with Crippen molar-refractivity contribution in [2.24, 2.45) is 5.92 Å². The summed E-state index contributed by atoms with van der Waals surface area (Å²) >= 11 is 5.96. The Labute approximate surface area is 212 Å². The van der Waals surface area contributed by atoms with E-state index in [1.165, 1.54) is 49.8 Å². The molecule has 0 bridgehead atoms. The van der Waals surface area contributed by atoms with Crippen LogP contribution in [-0.4, -0.2) is 46.4 Å². The fourth-order valence-electron chi connectivity index (χ4n) is 5.50. The van der Waals surface area contributed by atoms with Gasteiger partial charge in [-0.15, -0.1) is 0 Å². The first-order valence-electron chi connectivity index (χ1n) is 12.9. The van der Waals surface area contributed by atoms with Crippen LogP contribution in [0.4, 0.5) is 0 Å². The number of hydrogen-bond acceptors (Lipinski definition) is 6. The minimum absolute atomic E-state index is 0.265. The van der Waals surface area contributed by atoms with Gasteiger partial charge in [0.15, 0.2) is 6.61 Å². The molecule has 2 heterocycles. The number of aromatic nitrogens is 2. The van der Waals surface area contributed by atoms with Gasteiger partial charge in [0.25, 0.3) is 5.89 Å². The first kappa shape index (κ1) is 24.3. The third-order valence-corrected chi connectivity index (χ3v) is 7.62. The van der Waals surface area contributed by atoms with Crippen molar-refractivity contribution in [2.75, 3.05) is 26.2 Å². The zero-order valence-corrected chi connectivity index (χ0v) is 20.9. The van der Waals surface area contributed by atoms with Gasteiger partial charge in [-0.05, 0) is 117 Å². The maximum Gasteiger partial charge on any atom is 0.258 e. The number of fused-ring (bicyclic) bond motifs is 1. The van der Waals surface area contributed by atoms with E-state index >= 15 is 0 Å². The van der Waals surface area contributed by atoms with E-state index in [4.69, 9.17) is 20.9 Å². The molecule has 2 aromatic carbocycles. The van der Waals surface area contributed by atoms with Gasteiger partial charge in [-0.2, -0.15) is 4.98 Å². The van der Waals surface area contributed by atoms with Crippen molar-refractivity contribution >= 4 is 11.6 Å². The number of aliphatic hydroxyl groups is 1. The minimum Gasteiger partial charge on any atom is -0.485 e. The van der Waals surface area contributed by atoms with Gasteiger partial charge < -0.3 is 19.3 Å². The highest BCUT2D eigenvalue weighted by Crippen LogP contribution is 2.37. The summed E-state index contributed by atoms with van der Waals surface area (Å²) in [6, 6.07) is 13.8. The lowest BCUT2D eigenvalue weighted by Crippen LogP contribution is -2.37. The summed E-state index contributed by atoms with van der Waals surface area (Å²) in [6.07, 6.45) is 8.41. The fraction of sp³-hybridized carbons (Fsp3) is 0.500. The lowest BCUT2D eigenvalue weighted by Gasteiger charge is -2.32. The van der Waals surface area contributed by atoms with E-state index in [9.17, 15) is 5.11 Å². The number of halogens is 1. The SMILES string of the molecule is OCC1CCCN(CCCC2CCCc3ccc(OCc4noc(-c5ccc(Cl)cc5)n4)cc32)C1. The molecule has 0 spiro atoms. The number of likely N-dealkylation sites (tertiary alicyclic amines) is 1. The van der Waals surface area contributed by atoms with Crippen LogP contribution >= 0.6 is 11.6 Å². The normalized spacial score (nSPS) is 20.5. The van der Waals surface area contributed by atoms with Gasteiger partial charge >= 0.3 is 0 Å². The Bertz CT molecular complexity index is 1100. The highest BCUT2D eigenvalue weighted by molar-refractivity contribution is 6.30. The average Bonchev–Trinajstić information content (AvgIpc) is 3.37. The minimum atomic E-state index is 0.265. The molecule has 186 valence electrons. The molecule has 2 aliphatic rings. The molecule has 0 radical (unpaired) electrons. The molecule has 6 nitrogen and oxygen atoms in total. The lowest BCUT2D eigenvalue weighted by molar-refractivity contribution is 0.118. The predicted molar refractivity (Wildman–Crippen MR) is 137 cm³/mol. The van der Waals surface area contributed by atoms with Crippen molar-refractivity contribution < 1.29 is 14.4 Å². The van der Waals surface area contributed by atoms with Gasteiger partial charge in [-0.1, -0.05) is 22.8 Å². The second kappa shape index (κ2) is 11.5. The quantitative estimate of drug-likeness (QED) is 0.400. The van der Waals surface area contributed by atoms with Crippen LogP contribution in [0.3, 0.4) is 0 Å². The third-order valence-electron chi connectivity index (χ3n) is 7.37. The summed E-state index contributed by atoms with van der Waals surface area (Å²) in [5, 5.41) is 14.2. The number of hydrogen-bond donors (Lipinski definition) is 1. The van der Waals surface area contributed by atoms with Gasteiger partial charge in [0, 0.05) is 23.7 Å². The summed E-state index contributed by atoms with van der Waals surface area (Å²) in [5.74, 6) is 2.88. The molecule has 1 aliphatic heterocycles. The maximum atomic E-state index is 9.50. The molecule has 1 aliphatic carbocycles. The van der Waals surface area contributed by atoms with Gasteiger partial charge in [-0.25, -0.2) is 0 Å². The zero-order valence-electron chi connectivity index (χ0n) is 20.2. The van der Waals surface area contributed by atoms with Crippen LogP contribution in [0.25, 0.3) is 11.5 Å². The van der Waals surface area contributed by atoms with E-state index in [1.54, 1.807) is 12.1 Å². The summed E-state index contributed by atoms with van der Waals surface area (Å²) in [5.41, 5.74) is 3.73. The molecule has 0 saturated carbocycles. The number of rotatable bonds is 9. The molecule has 1 aromatic heterocycles. The lowest BCUT2D eigenvalue weighted by atomic mass is 9.80. The molecule has 3 aromatic rings. The highest BCUT2D eigenvalue weighted by Gasteiger charge is 2.23. The highest BCUT2D eigenvalue weighted by atomic mass is 35.5. The topological polar surface area (TPSA) is 71.6 Å². The molecule has 2 atom stereocenters. The second-order valence-electron chi connectivity index (χ2n) is 9.89. The van der Waals surface area contributed by atoms with Crippen LogP contribution in [0.5, 0.6) is 5.75 Å². The number of nitrogens with zero attached hydrogens (tertiary/aromatic N) is 3. The Kier molecular flexibility index (Phi) is 8.02. The van der Waals surface area contributed by atoms with Crippen LogP contribution in [0.1, 0.15) is 61.4 Å². The molecule has 35 heavy (non-hydrogen) atoms. The number of aryl methyl sites for hydroxylation is 1. The molecule has 0 amide bonds. The van der Waals surface area contributed by atoms with Crippen molar-refractivity contribution in [3.63, 3.8) is 0 Å². The zero-order chi connectivity index (χ0) is 24.0. The van der Waals surface area contributed by atoms with Crippen LogP contribution in [0.15, 0.2) is 47.0 Å². The first-order valence-corrected chi connectivity index (χ1v) is 13.2. The van der Waals surface area contributed by atoms with Crippen LogP contribution in [0, 0.1) is 5.92 Å². The predicted octanol–water partition coefficient (Wildman–Crippen LogP) is 5.87. The number of benzene rings is 2. The van der Waals surface area contributed by atoms with Gasteiger partial charge in [0.05, 0.1) is 0 Å². The van der Waals surface area contributed by atoms with E-state index in [-0.39, 0.29) is 6.61 Å². The van der Waals surface area contributed by atoms with Crippen LogP contribution < -0.4 is 4.74 Å². The van der Waals surface area contributed by atoms with Crippen LogP contribution in [0.2, 0.25) is 5.02 Å². The molecular weight excluding hydrogens is 462 g/mol. The molecule has 1 saturated heterocycles. The molecular formula is C28H34ClN3O3. The van der Waals surface area contributed by atoms with Crippen molar-refractivity contribution in [1.29, 1.82) is 0 Å². The number of aliphatic hydroxyl groups excluding tert-OH is 1. The van der Waals surface area contributed by atoms with Gasteiger partial charge in [0.1, 0.15) is 5.75 Å². The molecule has 7 heteroatoms. The third kappa shape index (κ3) is 6.24. The van der Waals surface area contributed by atoms with Crippen molar-refractivity contribution in [3.05, 3.63) is 64.4 Å². The summed E-state index contributed by atoms with van der Waals surface area (Å²) in [4.78, 5) is 7.00. The molecule has 1 fully saturated rings. The first-order chi connectivity index (χ1) is 17.2. The maximum absolute atomic E-state index is 9.50. The van der Waals surface area contributed by atoms with Crippen LogP contribution in [-0.2, 0) is 13.0 Å².